The molecule has 0 aliphatic rings. The Labute approximate surface area is 274 Å². The number of hydrogen-bond acceptors (Lipinski definition) is 6. The number of nitro benzene ring substituents is 1. The second kappa shape index (κ2) is 18.8. The number of azo groups is 1. The topological polar surface area (TPSA) is 95.8 Å². The Bertz CT molecular complexity index is 1410. The van der Waals surface area contributed by atoms with Crippen molar-refractivity contribution in [3.63, 3.8) is 0 Å². The van der Waals surface area contributed by atoms with Gasteiger partial charge in [0.25, 0.3) is 5.69 Å². The highest BCUT2D eigenvalue weighted by Crippen LogP contribution is 2.20. The number of nitrogens with zero attached hydrogens (tertiary/aromatic N) is 7. The van der Waals surface area contributed by atoms with Crippen LogP contribution in [0.25, 0.3) is 0 Å². The number of rotatable bonds is 16. The standard InChI is InChI=1S/C31H40N8O2.2BrH/c1-35(2)29-15-13-28(14-16-29)33-34-31-10-5-8-23-38(31)22-7-4-3-6-20-36-24-25-37(26-36)21-9-19-32-27-11-17-30(18-12-27)39(40)41;;/h5,8,10-18,23-26,32H,3-4,6-7,9,19-22H2,1-2H3;2*1H/q+2;;/p-2. The summed E-state index contributed by atoms with van der Waals surface area (Å²) in [4.78, 5) is 12.4. The van der Waals surface area contributed by atoms with E-state index in [1.54, 1.807) is 12.1 Å². The average Bonchev–Trinajstić information content (AvgIpc) is 3.44. The third kappa shape index (κ3) is 11.9. The zero-order chi connectivity index (χ0) is 28.9. The molecular formula is C31H40Br2N8O2. The summed E-state index contributed by atoms with van der Waals surface area (Å²) in [5.74, 6) is 0.865. The molecule has 4 rings (SSSR count). The van der Waals surface area contributed by atoms with Crippen molar-refractivity contribution < 1.29 is 48.0 Å². The molecule has 0 amide bonds. The molecule has 1 N–H and O–H groups in total. The first-order valence-electron chi connectivity index (χ1n) is 14.2. The molecule has 0 aliphatic carbocycles. The Morgan fingerprint density at radius 1 is 0.860 bits per heavy atom. The maximum absolute atomic E-state index is 10.8. The predicted octanol–water partition coefficient (Wildman–Crippen LogP) is 0.224. The van der Waals surface area contributed by atoms with Gasteiger partial charge in [-0.3, -0.25) is 10.1 Å². The van der Waals surface area contributed by atoms with Crippen LogP contribution < -0.4 is 53.3 Å². The van der Waals surface area contributed by atoms with Gasteiger partial charge in [0, 0.05) is 56.6 Å². The van der Waals surface area contributed by atoms with Crippen molar-refractivity contribution >= 4 is 28.6 Å². The molecule has 0 saturated carbocycles. The van der Waals surface area contributed by atoms with Gasteiger partial charge >= 0.3 is 5.82 Å². The summed E-state index contributed by atoms with van der Waals surface area (Å²) in [5.41, 5.74) is 2.99. The van der Waals surface area contributed by atoms with E-state index in [-0.39, 0.29) is 44.6 Å². The molecule has 2 aromatic carbocycles. The summed E-state index contributed by atoms with van der Waals surface area (Å²) in [6.07, 6.45) is 14.0. The van der Waals surface area contributed by atoms with Gasteiger partial charge in [-0.1, -0.05) is 6.07 Å². The van der Waals surface area contributed by atoms with E-state index < -0.39 is 0 Å². The molecule has 12 heteroatoms. The highest BCUT2D eigenvalue weighted by atomic mass is 79.9. The van der Waals surface area contributed by atoms with Crippen molar-refractivity contribution in [3.8, 4) is 0 Å². The molecule has 0 atom stereocenters. The normalized spacial score (nSPS) is 10.7. The number of hydrogen-bond donors (Lipinski definition) is 1. The van der Waals surface area contributed by atoms with Crippen LogP contribution in [0.2, 0.25) is 0 Å². The fraction of sp³-hybridized carbons (Fsp3) is 0.355. The lowest BCUT2D eigenvalue weighted by Gasteiger charge is -2.11. The van der Waals surface area contributed by atoms with Crippen LogP contribution in [0.1, 0.15) is 32.1 Å². The first-order chi connectivity index (χ1) is 20.0. The zero-order valence-corrected chi connectivity index (χ0v) is 27.9. The van der Waals surface area contributed by atoms with Crippen molar-refractivity contribution in [2.45, 2.75) is 51.7 Å². The average molecular weight is 717 g/mol. The number of non-ortho nitro benzene ring substituents is 1. The van der Waals surface area contributed by atoms with Crippen LogP contribution in [-0.2, 0) is 19.6 Å². The van der Waals surface area contributed by atoms with Gasteiger partial charge in [0.2, 0.25) is 6.33 Å². The van der Waals surface area contributed by atoms with Crippen molar-refractivity contribution in [2.24, 2.45) is 10.2 Å². The zero-order valence-electron chi connectivity index (χ0n) is 24.7. The second-order valence-electron chi connectivity index (χ2n) is 10.3. The first kappa shape index (κ1) is 35.6. The number of aromatic nitrogens is 3. The monoisotopic (exact) mass is 714 g/mol. The molecule has 43 heavy (non-hydrogen) atoms. The first-order valence-corrected chi connectivity index (χ1v) is 14.2. The summed E-state index contributed by atoms with van der Waals surface area (Å²) in [6.45, 7) is 3.66. The smallest absolute Gasteiger partial charge is 0.350 e. The molecule has 0 unspecified atom stereocenters. The molecule has 0 radical (unpaired) electrons. The number of unbranched alkanes of at least 4 members (excludes halogenated alkanes) is 3. The summed E-state index contributed by atoms with van der Waals surface area (Å²) < 4.78 is 6.62. The number of nitro groups is 1. The molecule has 0 spiro atoms. The SMILES string of the molecule is CN(C)c1ccc(N=Nc2cccc[n+]2CCCCCCn2cc[n+](CCCNc3ccc([N+](=O)[O-])cc3)c2)cc1.[Br-].[Br-]. The Morgan fingerprint density at radius 3 is 2.33 bits per heavy atom. The van der Waals surface area contributed by atoms with Crippen LogP contribution in [0.5, 0.6) is 0 Å². The van der Waals surface area contributed by atoms with Crippen LogP contribution >= 0.6 is 0 Å². The van der Waals surface area contributed by atoms with Gasteiger partial charge in [0.15, 0.2) is 0 Å². The lowest BCUT2D eigenvalue weighted by atomic mass is 10.2. The number of anilines is 2. The lowest BCUT2D eigenvalue weighted by molar-refractivity contribution is -0.696. The van der Waals surface area contributed by atoms with Crippen molar-refractivity contribution in [1.29, 1.82) is 0 Å². The van der Waals surface area contributed by atoms with Gasteiger partial charge in [0.1, 0.15) is 18.1 Å². The molecular weight excluding hydrogens is 676 g/mol. The number of aryl methyl sites for hydroxylation is 3. The van der Waals surface area contributed by atoms with Crippen LogP contribution in [-0.4, -0.2) is 30.1 Å². The van der Waals surface area contributed by atoms with E-state index in [1.807, 2.05) is 56.6 Å². The summed E-state index contributed by atoms with van der Waals surface area (Å²) in [5, 5.41) is 23.0. The summed E-state index contributed by atoms with van der Waals surface area (Å²) in [7, 11) is 4.05. The Balaban J connectivity index is 0.00000323. The van der Waals surface area contributed by atoms with E-state index in [2.05, 4.69) is 59.1 Å². The van der Waals surface area contributed by atoms with Gasteiger partial charge in [-0.2, -0.15) is 0 Å². The maximum Gasteiger partial charge on any atom is 0.350 e. The molecule has 0 fully saturated rings. The minimum absolute atomic E-state index is 0. The Kier molecular flexibility index (Phi) is 15.5. The van der Waals surface area contributed by atoms with Crippen molar-refractivity contribution in [2.75, 3.05) is 30.9 Å². The minimum Gasteiger partial charge on any atom is -1.00 e. The highest BCUT2D eigenvalue weighted by Gasteiger charge is 2.09. The number of benzene rings is 2. The van der Waals surface area contributed by atoms with E-state index in [4.69, 9.17) is 0 Å². The molecule has 4 aromatic rings. The third-order valence-corrected chi connectivity index (χ3v) is 6.86. The van der Waals surface area contributed by atoms with Gasteiger partial charge in [-0.05, 0) is 73.3 Å². The fourth-order valence-corrected chi connectivity index (χ4v) is 4.50. The molecule has 230 valence electrons. The lowest BCUT2D eigenvalue weighted by Crippen LogP contribution is -3.00. The maximum atomic E-state index is 10.8. The van der Waals surface area contributed by atoms with Crippen LogP contribution in [0, 0.1) is 10.1 Å². The van der Waals surface area contributed by atoms with E-state index in [0.29, 0.717) is 0 Å². The summed E-state index contributed by atoms with van der Waals surface area (Å²) >= 11 is 0. The van der Waals surface area contributed by atoms with Crippen LogP contribution in [0.3, 0.4) is 0 Å². The molecule has 0 aliphatic heterocycles. The van der Waals surface area contributed by atoms with Crippen LogP contribution in [0.4, 0.5) is 28.6 Å². The molecule has 0 bridgehead atoms. The highest BCUT2D eigenvalue weighted by molar-refractivity contribution is 5.51. The van der Waals surface area contributed by atoms with Gasteiger partial charge in [-0.25, -0.2) is 13.7 Å². The van der Waals surface area contributed by atoms with Crippen molar-refractivity contribution in [1.82, 2.24) is 4.57 Å². The molecule has 2 heterocycles. The van der Waals surface area contributed by atoms with Crippen LogP contribution in [0.15, 0.2) is 102 Å². The minimum atomic E-state index is -0.382. The van der Waals surface area contributed by atoms with Crippen molar-refractivity contribution in [3.05, 3.63) is 102 Å². The predicted molar refractivity (Wildman–Crippen MR) is 161 cm³/mol. The molecule has 2 aromatic heterocycles. The fourth-order valence-electron chi connectivity index (χ4n) is 4.50. The number of pyridine rings is 1. The van der Waals surface area contributed by atoms with E-state index in [0.717, 1.165) is 68.3 Å². The van der Waals surface area contributed by atoms with E-state index in [9.17, 15) is 10.1 Å². The van der Waals surface area contributed by atoms with E-state index >= 15 is 0 Å². The molecule has 0 saturated heterocycles. The largest absolute Gasteiger partial charge is 1.00 e. The number of halogens is 2. The Hall–Kier alpha value is -3.64. The van der Waals surface area contributed by atoms with Gasteiger partial charge < -0.3 is 44.2 Å². The third-order valence-electron chi connectivity index (χ3n) is 6.86. The van der Waals surface area contributed by atoms with Gasteiger partial charge in [0.05, 0.1) is 35.9 Å². The summed E-state index contributed by atoms with van der Waals surface area (Å²) in [6, 6.07) is 20.6. The number of nitrogens with one attached hydrogen (secondary N) is 1. The molecule has 10 nitrogen and oxygen atoms in total. The van der Waals surface area contributed by atoms with E-state index in [1.165, 1.54) is 25.0 Å². The van der Waals surface area contributed by atoms with Gasteiger partial charge in [-0.15, -0.1) is 0 Å². The second-order valence-corrected chi connectivity index (χ2v) is 10.3. The quantitative estimate of drug-likeness (QED) is 0.0591. The number of imidazole rings is 1. The Morgan fingerprint density at radius 2 is 1.60 bits per heavy atom.